The van der Waals surface area contributed by atoms with Crippen molar-refractivity contribution in [2.45, 2.75) is 46.2 Å². The molecule has 0 atom stereocenters. The highest BCUT2D eigenvalue weighted by Gasteiger charge is 2.26. The summed E-state index contributed by atoms with van der Waals surface area (Å²) in [7, 11) is 1.74. The van der Waals surface area contributed by atoms with E-state index in [1.54, 1.807) is 13.4 Å². The van der Waals surface area contributed by atoms with Gasteiger partial charge in [0, 0.05) is 51.0 Å². The van der Waals surface area contributed by atoms with Gasteiger partial charge in [-0.2, -0.15) is 5.10 Å². The van der Waals surface area contributed by atoms with Gasteiger partial charge in [-0.15, -0.1) is 0 Å². The number of aromatic nitrogens is 3. The Kier molecular flexibility index (Phi) is 5.68. The van der Waals surface area contributed by atoms with E-state index in [1.165, 1.54) is 24.1 Å². The first-order valence-corrected chi connectivity index (χ1v) is 8.87. The summed E-state index contributed by atoms with van der Waals surface area (Å²) in [5, 5.41) is 4.85. The van der Waals surface area contributed by atoms with Crippen LogP contribution in [0.5, 0.6) is 0 Å². The van der Waals surface area contributed by atoms with Crippen LogP contribution in [0.15, 0.2) is 17.1 Å². The molecule has 0 aromatic carbocycles. The minimum absolute atomic E-state index is 0.734. The molecular weight excluding hydrogens is 304 g/mol. The first-order valence-electron chi connectivity index (χ1n) is 8.87. The number of fused-ring (bicyclic) bond motifs is 1. The summed E-state index contributed by atoms with van der Waals surface area (Å²) in [6, 6.07) is 0. The van der Waals surface area contributed by atoms with Gasteiger partial charge >= 0.3 is 0 Å². The molecular formula is C18H28N4O2. The average Bonchev–Trinajstić information content (AvgIpc) is 3.21. The molecule has 2 aromatic rings. The molecule has 6 nitrogen and oxygen atoms in total. The van der Waals surface area contributed by atoms with Crippen molar-refractivity contribution in [3.05, 3.63) is 23.9 Å². The third kappa shape index (κ3) is 3.87. The van der Waals surface area contributed by atoms with Crippen LogP contribution in [-0.2, 0) is 24.2 Å². The van der Waals surface area contributed by atoms with Gasteiger partial charge in [-0.05, 0) is 25.3 Å². The fourth-order valence-electron chi connectivity index (χ4n) is 3.26. The maximum atomic E-state index is 5.18. The lowest BCUT2D eigenvalue weighted by Crippen LogP contribution is -2.32. The summed E-state index contributed by atoms with van der Waals surface area (Å²) in [6.07, 6.45) is 6.42. The third-order valence-electron chi connectivity index (χ3n) is 4.63. The fraction of sp³-hybridized carbons (Fsp3) is 0.667. The minimum Gasteiger partial charge on any atom is -0.451 e. The largest absolute Gasteiger partial charge is 0.451 e. The monoisotopic (exact) mass is 332 g/mol. The topological polar surface area (TPSA) is 56.3 Å². The predicted molar refractivity (Wildman–Crippen MR) is 92.7 cm³/mol. The van der Waals surface area contributed by atoms with Gasteiger partial charge in [0.1, 0.15) is 17.7 Å². The molecule has 1 aliphatic heterocycles. The highest BCUT2D eigenvalue weighted by molar-refractivity contribution is 5.59. The Hall–Kier alpha value is -1.66. The zero-order valence-electron chi connectivity index (χ0n) is 15.0. The SMILES string of the molecule is COCCCn1nc(-c2cocn2)c2c1CCN(CCC(C)C)C2. The Bertz CT molecular complexity index is 634. The van der Waals surface area contributed by atoms with Gasteiger partial charge in [-0.3, -0.25) is 9.58 Å². The molecule has 0 fully saturated rings. The Morgan fingerprint density at radius 1 is 1.33 bits per heavy atom. The van der Waals surface area contributed by atoms with E-state index in [-0.39, 0.29) is 0 Å². The molecule has 0 spiro atoms. The number of rotatable bonds is 8. The van der Waals surface area contributed by atoms with Crippen molar-refractivity contribution in [3.8, 4) is 11.4 Å². The summed E-state index contributed by atoms with van der Waals surface area (Å²) in [5.74, 6) is 0.734. The molecule has 3 heterocycles. The van der Waals surface area contributed by atoms with Crippen LogP contribution in [-0.4, -0.2) is 46.5 Å². The summed E-state index contributed by atoms with van der Waals surface area (Å²) >= 11 is 0. The van der Waals surface area contributed by atoms with Crippen LogP contribution >= 0.6 is 0 Å². The smallest absolute Gasteiger partial charge is 0.181 e. The maximum absolute atomic E-state index is 5.18. The lowest BCUT2D eigenvalue weighted by atomic mass is 10.0. The number of hydrogen-bond acceptors (Lipinski definition) is 5. The zero-order valence-corrected chi connectivity index (χ0v) is 15.0. The van der Waals surface area contributed by atoms with Gasteiger partial charge in [0.25, 0.3) is 0 Å². The van der Waals surface area contributed by atoms with Crippen LogP contribution in [0.3, 0.4) is 0 Å². The Morgan fingerprint density at radius 2 is 2.21 bits per heavy atom. The number of ether oxygens (including phenoxy) is 1. The number of methoxy groups -OCH3 is 1. The van der Waals surface area contributed by atoms with Crippen molar-refractivity contribution in [1.29, 1.82) is 0 Å². The van der Waals surface area contributed by atoms with E-state index < -0.39 is 0 Å². The summed E-state index contributed by atoms with van der Waals surface area (Å²) in [4.78, 5) is 6.85. The lowest BCUT2D eigenvalue weighted by Gasteiger charge is -2.28. The maximum Gasteiger partial charge on any atom is 0.181 e. The van der Waals surface area contributed by atoms with E-state index in [2.05, 4.69) is 28.4 Å². The van der Waals surface area contributed by atoms with Crippen LogP contribution in [0.2, 0.25) is 0 Å². The van der Waals surface area contributed by atoms with E-state index >= 15 is 0 Å². The normalized spacial score (nSPS) is 15.2. The fourth-order valence-corrected chi connectivity index (χ4v) is 3.26. The highest BCUT2D eigenvalue weighted by Crippen LogP contribution is 2.29. The molecule has 2 aromatic heterocycles. The molecule has 0 aliphatic carbocycles. The lowest BCUT2D eigenvalue weighted by molar-refractivity contribution is 0.188. The molecule has 1 aliphatic rings. The summed E-state index contributed by atoms with van der Waals surface area (Å²) in [6.45, 7) is 9.41. The van der Waals surface area contributed by atoms with Crippen molar-refractivity contribution < 1.29 is 9.15 Å². The first kappa shape index (κ1) is 17.2. The number of hydrogen-bond donors (Lipinski definition) is 0. The standard InChI is InChI=1S/C18H28N4O2/c1-14(2)5-8-21-9-6-17-15(11-21)18(16-12-24-13-19-16)20-22(17)7-4-10-23-3/h12-14H,4-11H2,1-3H3. The van der Waals surface area contributed by atoms with Crippen LogP contribution < -0.4 is 0 Å². The number of oxazole rings is 1. The molecule has 0 bridgehead atoms. The second kappa shape index (κ2) is 7.94. The van der Waals surface area contributed by atoms with Crippen LogP contribution in [0.4, 0.5) is 0 Å². The van der Waals surface area contributed by atoms with E-state index in [4.69, 9.17) is 14.3 Å². The molecule has 24 heavy (non-hydrogen) atoms. The molecule has 0 saturated carbocycles. The van der Waals surface area contributed by atoms with E-state index in [0.29, 0.717) is 0 Å². The Morgan fingerprint density at radius 3 is 2.92 bits per heavy atom. The molecule has 0 N–H and O–H groups in total. The van der Waals surface area contributed by atoms with Crippen molar-refractivity contribution in [1.82, 2.24) is 19.7 Å². The molecule has 3 rings (SSSR count). The third-order valence-corrected chi connectivity index (χ3v) is 4.63. The van der Waals surface area contributed by atoms with Gasteiger partial charge < -0.3 is 9.15 Å². The van der Waals surface area contributed by atoms with Crippen LogP contribution in [0.1, 0.15) is 37.9 Å². The summed E-state index contributed by atoms with van der Waals surface area (Å²) < 4.78 is 12.5. The first-order chi connectivity index (χ1) is 11.7. The van der Waals surface area contributed by atoms with Crippen molar-refractivity contribution >= 4 is 0 Å². The van der Waals surface area contributed by atoms with Crippen LogP contribution in [0, 0.1) is 5.92 Å². The second-order valence-corrected chi connectivity index (χ2v) is 6.93. The molecule has 6 heteroatoms. The Balaban J connectivity index is 1.82. The quantitative estimate of drug-likeness (QED) is 0.696. The van der Waals surface area contributed by atoms with E-state index in [9.17, 15) is 0 Å². The van der Waals surface area contributed by atoms with E-state index in [1.807, 2.05) is 0 Å². The average molecular weight is 332 g/mol. The molecule has 0 saturated heterocycles. The molecule has 0 radical (unpaired) electrons. The van der Waals surface area contributed by atoms with Gasteiger partial charge in [-0.25, -0.2) is 4.98 Å². The second-order valence-electron chi connectivity index (χ2n) is 6.93. The molecule has 132 valence electrons. The van der Waals surface area contributed by atoms with Gasteiger partial charge in [-0.1, -0.05) is 13.8 Å². The van der Waals surface area contributed by atoms with Crippen molar-refractivity contribution in [3.63, 3.8) is 0 Å². The number of nitrogens with zero attached hydrogens (tertiary/aromatic N) is 4. The van der Waals surface area contributed by atoms with E-state index in [0.717, 1.165) is 62.9 Å². The van der Waals surface area contributed by atoms with Crippen LogP contribution in [0.25, 0.3) is 11.4 Å². The molecule has 0 unspecified atom stereocenters. The van der Waals surface area contributed by atoms with Gasteiger partial charge in [0.2, 0.25) is 0 Å². The highest BCUT2D eigenvalue weighted by atomic mass is 16.5. The number of aryl methyl sites for hydroxylation is 1. The van der Waals surface area contributed by atoms with Crippen molar-refractivity contribution in [2.75, 3.05) is 26.8 Å². The predicted octanol–water partition coefficient (Wildman–Crippen LogP) is 2.98. The van der Waals surface area contributed by atoms with Crippen molar-refractivity contribution in [2.24, 2.45) is 5.92 Å². The van der Waals surface area contributed by atoms with Gasteiger partial charge in [0.15, 0.2) is 6.39 Å². The van der Waals surface area contributed by atoms with Gasteiger partial charge in [0.05, 0.1) is 0 Å². The Labute approximate surface area is 143 Å². The minimum atomic E-state index is 0.734. The zero-order chi connectivity index (χ0) is 16.9. The summed E-state index contributed by atoms with van der Waals surface area (Å²) in [5.41, 5.74) is 4.48. The molecule has 0 amide bonds.